The van der Waals surface area contributed by atoms with Crippen molar-refractivity contribution in [1.29, 1.82) is 0 Å². The van der Waals surface area contributed by atoms with Crippen LogP contribution in [-0.4, -0.2) is 21.6 Å². The van der Waals surface area contributed by atoms with E-state index in [-0.39, 0.29) is 22.4 Å². The fraction of sp³-hybridized carbons (Fsp3) is 0.0667. The number of anilines is 1. The molecule has 2 aromatic carbocycles. The van der Waals surface area contributed by atoms with Gasteiger partial charge in [-0.2, -0.15) is 0 Å². The van der Waals surface area contributed by atoms with Crippen molar-refractivity contribution in [2.24, 2.45) is 0 Å². The van der Waals surface area contributed by atoms with E-state index >= 15 is 0 Å². The molecule has 3 rings (SSSR count). The summed E-state index contributed by atoms with van der Waals surface area (Å²) in [5, 5.41) is 13.8. The van der Waals surface area contributed by atoms with Gasteiger partial charge < -0.3 is 9.73 Å². The Bertz CT molecular complexity index is 979. The van der Waals surface area contributed by atoms with E-state index in [1.807, 2.05) is 0 Å². The zero-order valence-corrected chi connectivity index (χ0v) is 13.9. The van der Waals surface area contributed by atoms with Gasteiger partial charge in [-0.3, -0.25) is 14.9 Å². The second-order valence-electron chi connectivity index (χ2n) is 4.85. The molecule has 128 valence electrons. The lowest BCUT2D eigenvalue weighted by Gasteiger charge is -2.05. The molecule has 0 radical (unpaired) electrons. The number of nitro groups is 1. The minimum absolute atomic E-state index is 0.108. The second-order valence-corrected chi connectivity index (χ2v) is 6.21. The number of carbonyl (C=O) groups excluding carboxylic acids is 1. The van der Waals surface area contributed by atoms with E-state index in [9.17, 15) is 19.3 Å². The maximum atomic E-state index is 13.6. The van der Waals surface area contributed by atoms with Gasteiger partial charge in [-0.25, -0.2) is 9.37 Å². The Morgan fingerprint density at radius 3 is 2.92 bits per heavy atom. The number of nitro benzene ring substituents is 1. The highest BCUT2D eigenvalue weighted by molar-refractivity contribution is 7.99. The number of hydrogen-bond acceptors (Lipinski definition) is 6. The number of fused-ring (bicyclic) bond motifs is 1. The average molecular weight is 382 g/mol. The summed E-state index contributed by atoms with van der Waals surface area (Å²) in [6.07, 6.45) is 0. The van der Waals surface area contributed by atoms with Gasteiger partial charge in [0.05, 0.1) is 16.4 Å². The van der Waals surface area contributed by atoms with Crippen molar-refractivity contribution in [3.05, 3.63) is 57.4 Å². The number of nitrogens with one attached hydrogen (secondary N) is 1. The van der Waals surface area contributed by atoms with Crippen molar-refractivity contribution in [3.8, 4) is 0 Å². The molecule has 0 saturated heterocycles. The Morgan fingerprint density at radius 1 is 1.36 bits per heavy atom. The predicted octanol–water partition coefficient (Wildman–Crippen LogP) is 4.26. The second kappa shape index (κ2) is 7.08. The Kier molecular flexibility index (Phi) is 4.86. The zero-order valence-electron chi connectivity index (χ0n) is 12.4. The minimum Gasteiger partial charge on any atom is -0.431 e. The van der Waals surface area contributed by atoms with Crippen LogP contribution < -0.4 is 5.32 Å². The summed E-state index contributed by atoms with van der Waals surface area (Å²) in [7, 11) is 0. The average Bonchev–Trinajstić information content (AvgIpc) is 2.96. The molecule has 1 N–H and O–H groups in total. The topological polar surface area (TPSA) is 98.3 Å². The van der Waals surface area contributed by atoms with Crippen molar-refractivity contribution < 1.29 is 18.5 Å². The van der Waals surface area contributed by atoms with Crippen LogP contribution in [-0.2, 0) is 4.79 Å². The van der Waals surface area contributed by atoms with Crippen molar-refractivity contribution >= 4 is 51.7 Å². The third-order valence-corrected chi connectivity index (χ3v) is 4.15. The molecule has 0 saturated carbocycles. The molecule has 25 heavy (non-hydrogen) atoms. The van der Waals surface area contributed by atoms with Gasteiger partial charge in [-0.05, 0) is 24.3 Å². The monoisotopic (exact) mass is 381 g/mol. The first kappa shape index (κ1) is 17.2. The molecule has 0 aliphatic heterocycles. The van der Waals surface area contributed by atoms with E-state index in [1.54, 1.807) is 18.2 Å². The van der Waals surface area contributed by atoms with Gasteiger partial charge in [0.15, 0.2) is 5.58 Å². The molecule has 3 aromatic rings. The number of nitrogens with zero attached hydrogens (tertiary/aromatic N) is 2. The molecule has 0 aliphatic carbocycles. The first-order valence-corrected chi connectivity index (χ1v) is 8.21. The number of aromatic nitrogens is 1. The molecule has 0 bridgehead atoms. The van der Waals surface area contributed by atoms with Crippen LogP contribution in [0.2, 0.25) is 5.02 Å². The predicted molar refractivity (Wildman–Crippen MR) is 91.4 cm³/mol. The van der Waals surface area contributed by atoms with E-state index < -0.39 is 16.6 Å². The molecule has 7 nitrogen and oxygen atoms in total. The van der Waals surface area contributed by atoms with Gasteiger partial charge in [0.25, 0.3) is 10.9 Å². The molecule has 0 aliphatic rings. The van der Waals surface area contributed by atoms with E-state index in [1.165, 1.54) is 0 Å². The summed E-state index contributed by atoms with van der Waals surface area (Å²) < 4.78 is 19.1. The van der Waals surface area contributed by atoms with Gasteiger partial charge in [0.2, 0.25) is 5.91 Å². The number of hydrogen-bond donors (Lipinski definition) is 1. The number of non-ortho nitro benzene ring substituents is 1. The number of oxazole rings is 1. The van der Waals surface area contributed by atoms with E-state index in [0.29, 0.717) is 16.1 Å². The minimum atomic E-state index is -0.763. The van der Waals surface area contributed by atoms with E-state index in [4.69, 9.17) is 16.0 Å². The summed E-state index contributed by atoms with van der Waals surface area (Å²) in [5.74, 6) is -1.42. The van der Waals surface area contributed by atoms with Gasteiger partial charge >= 0.3 is 0 Å². The third-order valence-electron chi connectivity index (χ3n) is 3.09. The highest BCUT2D eigenvalue weighted by Gasteiger charge is 2.14. The Balaban J connectivity index is 1.66. The summed E-state index contributed by atoms with van der Waals surface area (Å²) >= 11 is 6.87. The fourth-order valence-corrected chi connectivity index (χ4v) is 2.78. The Hall–Kier alpha value is -2.65. The highest BCUT2D eigenvalue weighted by Crippen LogP contribution is 2.26. The number of halogens is 2. The smallest absolute Gasteiger partial charge is 0.271 e. The highest BCUT2D eigenvalue weighted by atomic mass is 35.5. The molecular weight excluding hydrogens is 373 g/mol. The quantitative estimate of drug-likeness (QED) is 0.403. The maximum Gasteiger partial charge on any atom is 0.271 e. The number of rotatable bonds is 5. The standard InChI is InChI=1S/C15H9ClFN3O4S/c16-8-1-4-13-12(5-8)19-15(24-13)25-7-14(21)18-11-6-9(20(22)23)2-3-10(11)17/h1-6H,7H2,(H,18,21). The molecule has 1 amide bonds. The lowest BCUT2D eigenvalue weighted by Crippen LogP contribution is -2.15. The van der Waals surface area contributed by atoms with E-state index in [2.05, 4.69) is 10.3 Å². The van der Waals surface area contributed by atoms with Crippen LogP contribution in [0.15, 0.2) is 46.0 Å². The van der Waals surface area contributed by atoms with Gasteiger partial charge in [0.1, 0.15) is 11.3 Å². The summed E-state index contributed by atoms with van der Waals surface area (Å²) in [6.45, 7) is 0. The largest absolute Gasteiger partial charge is 0.431 e. The number of benzene rings is 2. The molecule has 1 aromatic heterocycles. The fourth-order valence-electron chi connectivity index (χ4n) is 1.98. The Morgan fingerprint density at radius 2 is 2.16 bits per heavy atom. The van der Waals surface area contributed by atoms with Crippen LogP contribution in [0.25, 0.3) is 11.1 Å². The van der Waals surface area contributed by atoms with E-state index in [0.717, 1.165) is 30.0 Å². The number of amides is 1. The first-order chi connectivity index (χ1) is 11.9. The van der Waals surface area contributed by atoms with Crippen LogP contribution in [0.1, 0.15) is 0 Å². The van der Waals surface area contributed by atoms with Gasteiger partial charge in [0, 0.05) is 17.2 Å². The summed E-state index contributed by atoms with van der Waals surface area (Å²) in [5.41, 5.74) is 0.501. The molecule has 0 spiro atoms. The third kappa shape index (κ3) is 4.06. The lowest BCUT2D eigenvalue weighted by atomic mass is 10.2. The molecule has 1 heterocycles. The Labute approximate surface area is 149 Å². The normalized spacial score (nSPS) is 10.8. The molecular formula is C15H9ClFN3O4S. The first-order valence-electron chi connectivity index (χ1n) is 6.85. The SMILES string of the molecule is O=C(CSc1nc2cc(Cl)ccc2o1)Nc1cc([N+](=O)[O-])ccc1F. The van der Waals surface area contributed by atoms with Crippen molar-refractivity contribution in [2.45, 2.75) is 5.22 Å². The van der Waals surface area contributed by atoms with Crippen LogP contribution >= 0.6 is 23.4 Å². The summed E-state index contributed by atoms with van der Waals surface area (Å²) in [6, 6.07) is 7.84. The lowest BCUT2D eigenvalue weighted by molar-refractivity contribution is -0.384. The molecule has 0 atom stereocenters. The number of thioether (sulfide) groups is 1. The molecule has 0 unspecified atom stereocenters. The van der Waals surface area contributed by atoms with Crippen LogP contribution in [0.5, 0.6) is 0 Å². The number of carbonyl (C=O) groups is 1. The zero-order chi connectivity index (χ0) is 18.0. The van der Waals surface area contributed by atoms with Crippen LogP contribution in [0.3, 0.4) is 0 Å². The summed E-state index contributed by atoms with van der Waals surface area (Å²) in [4.78, 5) is 26.1. The van der Waals surface area contributed by atoms with Gasteiger partial charge in [-0.15, -0.1) is 0 Å². The van der Waals surface area contributed by atoms with Crippen molar-refractivity contribution in [1.82, 2.24) is 4.98 Å². The van der Waals surface area contributed by atoms with Crippen LogP contribution in [0, 0.1) is 15.9 Å². The van der Waals surface area contributed by atoms with Gasteiger partial charge in [-0.1, -0.05) is 23.4 Å². The molecule has 0 fully saturated rings. The van der Waals surface area contributed by atoms with Crippen LogP contribution in [0.4, 0.5) is 15.8 Å². The van der Waals surface area contributed by atoms with Crippen molar-refractivity contribution in [3.63, 3.8) is 0 Å². The van der Waals surface area contributed by atoms with Crippen molar-refractivity contribution in [2.75, 3.05) is 11.1 Å². The maximum absolute atomic E-state index is 13.6. The molecule has 10 heteroatoms.